The van der Waals surface area contributed by atoms with Gasteiger partial charge in [-0.3, -0.25) is 14.9 Å². The Balaban J connectivity index is 1.97. The molecule has 1 amide bonds. The maximum atomic E-state index is 12.3. The van der Waals surface area contributed by atoms with Crippen LogP contribution in [0.2, 0.25) is 0 Å². The number of hydrogen-bond acceptors (Lipinski definition) is 5. The fraction of sp³-hybridized carbons (Fsp3) is 0.300. The van der Waals surface area contributed by atoms with Crippen molar-refractivity contribution in [3.63, 3.8) is 0 Å². The normalized spacial score (nSPS) is 10.3. The molecule has 1 N–H and O–H groups in total. The lowest BCUT2D eigenvalue weighted by Gasteiger charge is -2.08. The zero-order chi connectivity index (χ0) is 19.8. The van der Waals surface area contributed by atoms with Crippen molar-refractivity contribution in [1.82, 2.24) is 0 Å². The van der Waals surface area contributed by atoms with E-state index >= 15 is 0 Å². The second kappa shape index (κ2) is 9.47. The number of ether oxygens (including phenoxy) is 1. The molecule has 7 heteroatoms. The molecule has 0 heterocycles. The number of esters is 1. The molecule has 0 fully saturated rings. The molecule has 0 bridgehead atoms. The molecule has 27 heavy (non-hydrogen) atoms. The number of nitro groups is 1. The van der Waals surface area contributed by atoms with E-state index < -0.39 is 10.9 Å². The summed E-state index contributed by atoms with van der Waals surface area (Å²) in [4.78, 5) is 34.6. The van der Waals surface area contributed by atoms with Gasteiger partial charge in [-0.05, 0) is 49.7 Å². The Morgan fingerprint density at radius 1 is 1.07 bits per heavy atom. The number of hydrogen-bond donors (Lipinski definition) is 1. The minimum Gasteiger partial charge on any atom is -0.462 e. The standard InChI is InChI=1S/C20H22N2O5/c1-3-4-5-12-27-20(24)15-6-9-17(10-7-15)21-19(23)16-8-11-18(22(25)26)14(2)13-16/h6-11,13H,3-5,12H2,1-2H3,(H,21,23). The van der Waals surface area contributed by atoms with E-state index in [0.717, 1.165) is 19.3 Å². The van der Waals surface area contributed by atoms with E-state index in [1.807, 2.05) is 0 Å². The first-order valence-electron chi connectivity index (χ1n) is 8.76. The van der Waals surface area contributed by atoms with Gasteiger partial charge in [0.05, 0.1) is 17.1 Å². The van der Waals surface area contributed by atoms with Crippen LogP contribution in [0, 0.1) is 17.0 Å². The molecule has 0 aliphatic heterocycles. The fourth-order valence-corrected chi connectivity index (χ4v) is 2.49. The van der Waals surface area contributed by atoms with Crippen molar-refractivity contribution in [2.75, 3.05) is 11.9 Å². The van der Waals surface area contributed by atoms with Crippen LogP contribution < -0.4 is 5.32 Å². The lowest BCUT2D eigenvalue weighted by molar-refractivity contribution is -0.385. The average molecular weight is 370 g/mol. The van der Waals surface area contributed by atoms with Crippen LogP contribution in [-0.2, 0) is 4.74 Å². The van der Waals surface area contributed by atoms with E-state index in [4.69, 9.17) is 4.74 Å². The van der Waals surface area contributed by atoms with Crippen molar-refractivity contribution >= 4 is 23.3 Å². The first-order valence-corrected chi connectivity index (χ1v) is 8.76. The van der Waals surface area contributed by atoms with E-state index in [1.165, 1.54) is 18.2 Å². The van der Waals surface area contributed by atoms with E-state index in [2.05, 4.69) is 12.2 Å². The maximum absolute atomic E-state index is 12.3. The number of carbonyl (C=O) groups is 2. The number of amides is 1. The number of nitrogens with one attached hydrogen (secondary N) is 1. The molecule has 0 unspecified atom stereocenters. The van der Waals surface area contributed by atoms with E-state index in [9.17, 15) is 19.7 Å². The number of rotatable bonds is 8. The number of aryl methyl sites for hydroxylation is 1. The largest absolute Gasteiger partial charge is 0.462 e. The van der Waals surface area contributed by atoms with Crippen LogP contribution in [0.4, 0.5) is 11.4 Å². The lowest BCUT2D eigenvalue weighted by atomic mass is 10.1. The molecule has 2 aromatic carbocycles. The summed E-state index contributed by atoms with van der Waals surface area (Å²) in [7, 11) is 0. The van der Waals surface area contributed by atoms with Crippen LogP contribution in [0.25, 0.3) is 0 Å². The van der Waals surface area contributed by atoms with Crippen molar-refractivity contribution < 1.29 is 19.2 Å². The molecule has 0 spiro atoms. The molecule has 0 radical (unpaired) electrons. The highest BCUT2D eigenvalue weighted by molar-refractivity contribution is 6.04. The molecule has 2 aromatic rings. The molecular formula is C20H22N2O5. The Morgan fingerprint density at radius 2 is 1.74 bits per heavy atom. The van der Waals surface area contributed by atoms with Gasteiger partial charge < -0.3 is 10.1 Å². The van der Waals surface area contributed by atoms with Crippen molar-refractivity contribution in [1.29, 1.82) is 0 Å². The van der Waals surface area contributed by atoms with E-state index in [1.54, 1.807) is 31.2 Å². The predicted octanol–water partition coefficient (Wildman–Crippen LogP) is 4.50. The third-order valence-corrected chi connectivity index (χ3v) is 4.02. The second-order valence-corrected chi connectivity index (χ2v) is 6.13. The Hall–Kier alpha value is -3.22. The van der Waals surface area contributed by atoms with Crippen LogP contribution >= 0.6 is 0 Å². The van der Waals surface area contributed by atoms with Crippen LogP contribution in [0.1, 0.15) is 52.5 Å². The molecule has 142 valence electrons. The number of carbonyl (C=O) groups excluding carboxylic acids is 2. The summed E-state index contributed by atoms with van der Waals surface area (Å²) in [5, 5.41) is 13.5. The number of unbranched alkanes of at least 4 members (excludes halogenated alkanes) is 2. The Kier molecular flexibility index (Phi) is 7.05. The van der Waals surface area contributed by atoms with Gasteiger partial charge in [-0.2, -0.15) is 0 Å². The summed E-state index contributed by atoms with van der Waals surface area (Å²) in [5.41, 5.74) is 1.62. The van der Waals surface area contributed by atoms with Crippen LogP contribution in [0.15, 0.2) is 42.5 Å². The smallest absolute Gasteiger partial charge is 0.338 e. The summed E-state index contributed by atoms with van der Waals surface area (Å²) in [6.07, 6.45) is 2.91. The quantitative estimate of drug-likeness (QED) is 0.319. The summed E-state index contributed by atoms with van der Waals surface area (Å²) in [6.45, 7) is 4.05. The molecule has 7 nitrogen and oxygen atoms in total. The second-order valence-electron chi connectivity index (χ2n) is 6.13. The van der Waals surface area contributed by atoms with E-state index in [0.29, 0.717) is 29.0 Å². The van der Waals surface area contributed by atoms with Gasteiger partial charge in [0.25, 0.3) is 11.6 Å². The van der Waals surface area contributed by atoms with Gasteiger partial charge in [-0.25, -0.2) is 4.79 Å². The van der Waals surface area contributed by atoms with Crippen molar-refractivity contribution in [3.8, 4) is 0 Å². The SMILES string of the molecule is CCCCCOC(=O)c1ccc(NC(=O)c2ccc([N+](=O)[O-])c(C)c2)cc1. The summed E-state index contributed by atoms with van der Waals surface area (Å²) < 4.78 is 5.18. The molecule has 0 aromatic heterocycles. The zero-order valence-corrected chi connectivity index (χ0v) is 15.4. The van der Waals surface area contributed by atoms with Gasteiger partial charge >= 0.3 is 5.97 Å². The third-order valence-electron chi connectivity index (χ3n) is 4.02. The lowest BCUT2D eigenvalue weighted by Crippen LogP contribution is -2.12. The van der Waals surface area contributed by atoms with Crippen molar-refractivity contribution in [2.24, 2.45) is 0 Å². The number of nitro benzene ring substituents is 1. The molecular weight excluding hydrogens is 348 g/mol. The number of anilines is 1. The highest BCUT2D eigenvalue weighted by Crippen LogP contribution is 2.20. The Morgan fingerprint density at radius 3 is 2.33 bits per heavy atom. The number of nitrogens with zero attached hydrogens (tertiary/aromatic N) is 1. The van der Waals surface area contributed by atoms with E-state index in [-0.39, 0.29) is 11.6 Å². The molecule has 0 saturated heterocycles. The minimum atomic E-state index is -0.489. The van der Waals surface area contributed by atoms with Gasteiger partial charge in [-0.15, -0.1) is 0 Å². The summed E-state index contributed by atoms with van der Waals surface area (Å²) in [6, 6.07) is 10.6. The first-order chi connectivity index (χ1) is 12.9. The van der Waals surface area contributed by atoms with Crippen molar-refractivity contribution in [2.45, 2.75) is 33.1 Å². The topological polar surface area (TPSA) is 98.5 Å². The van der Waals surface area contributed by atoms with Crippen molar-refractivity contribution in [3.05, 3.63) is 69.3 Å². The fourth-order valence-electron chi connectivity index (χ4n) is 2.49. The Bertz CT molecular complexity index is 831. The third kappa shape index (κ3) is 5.64. The highest BCUT2D eigenvalue weighted by atomic mass is 16.6. The van der Waals surface area contributed by atoms with Gasteiger partial charge in [-0.1, -0.05) is 19.8 Å². The van der Waals surface area contributed by atoms with Gasteiger partial charge in [0.1, 0.15) is 0 Å². The summed E-state index contributed by atoms with van der Waals surface area (Å²) in [5.74, 6) is -0.780. The van der Waals surface area contributed by atoms with Gasteiger partial charge in [0, 0.05) is 22.9 Å². The van der Waals surface area contributed by atoms with Gasteiger partial charge in [0.2, 0.25) is 0 Å². The highest BCUT2D eigenvalue weighted by Gasteiger charge is 2.14. The zero-order valence-electron chi connectivity index (χ0n) is 15.4. The predicted molar refractivity (Wildman–Crippen MR) is 102 cm³/mol. The monoisotopic (exact) mass is 370 g/mol. The number of benzene rings is 2. The average Bonchev–Trinajstić information content (AvgIpc) is 2.65. The minimum absolute atomic E-state index is 0.0339. The molecule has 0 atom stereocenters. The molecule has 0 aliphatic rings. The van der Waals surface area contributed by atoms with Crippen LogP contribution in [0.3, 0.4) is 0 Å². The molecule has 0 saturated carbocycles. The summed E-state index contributed by atoms with van der Waals surface area (Å²) >= 11 is 0. The van der Waals surface area contributed by atoms with Crippen LogP contribution in [0.5, 0.6) is 0 Å². The van der Waals surface area contributed by atoms with Crippen LogP contribution in [-0.4, -0.2) is 23.4 Å². The Labute approximate surface area is 157 Å². The molecule has 0 aliphatic carbocycles. The maximum Gasteiger partial charge on any atom is 0.338 e. The molecule has 2 rings (SSSR count). The first kappa shape index (κ1) is 20.1. The van der Waals surface area contributed by atoms with Gasteiger partial charge in [0.15, 0.2) is 0 Å².